The molecule has 0 amide bonds. The van der Waals surface area contributed by atoms with Crippen molar-refractivity contribution < 1.29 is 4.48 Å². The fraction of sp³-hybridized carbons (Fsp3) is 0.273. The van der Waals surface area contributed by atoms with E-state index >= 15 is 0 Å². The molecule has 1 aliphatic heterocycles. The lowest BCUT2D eigenvalue weighted by atomic mass is 9.84. The van der Waals surface area contributed by atoms with Crippen LogP contribution in [0.25, 0.3) is 10.8 Å². The van der Waals surface area contributed by atoms with Crippen LogP contribution in [0.2, 0.25) is 0 Å². The van der Waals surface area contributed by atoms with E-state index in [1.807, 2.05) is 0 Å². The Bertz CT molecular complexity index is 839. The third-order valence-electron chi connectivity index (χ3n) is 5.19. The zero-order valence-electron chi connectivity index (χ0n) is 14.4. The van der Waals surface area contributed by atoms with Gasteiger partial charge in [0.15, 0.2) is 0 Å². The molecule has 3 aromatic carbocycles. The van der Waals surface area contributed by atoms with Gasteiger partial charge in [-0.15, -0.1) is 0 Å². The summed E-state index contributed by atoms with van der Waals surface area (Å²) in [6.07, 6.45) is 0. The van der Waals surface area contributed by atoms with Crippen molar-refractivity contribution in [2.45, 2.75) is 12.0 Å². The lowest BCUT2D eigenvalue weighted by molar-refractivity contribution is -0.900. The van der Waals surface area contributed by atoms with E-state index in [1.165, 1.54) is 21.9 Å². The lowest BCUT2D eigenvalue weighted by Gasteiger charge is -2.43. The molecule has 24 heavy (non-hydrogen) atoms. The molecule has 0 saturated carbocycles. The maximum atomic E-state index is 3.79. The Morgan fingerprint density at radius 2 is 1.50 bits per heavy atom. The quantitative estimate of drug-likeness (QED) is 0.695. The van der Waals surface area contributed by atoms with Gasteiger partial charge in [0, 0.05) is 6.04 Å². The topological polar surface area (TPSA) is 12.0 Å². The highest BCUT2D eigenvalue weighted by Gasteiger charge is 2.36. The van der Waals surface area contributed by atoms with Crippen LogP contribution >= 0.6 is 0 Å². The van der Waals surface area contributed by atoms with Crippen molar-refractivity contribution in [2.24, 2.45) is 0 Å². The summed E-state index contributed by atoms with van der Waals surface area (Å²) in [7, 11) is 4.62. The van der Waals surface area contributed by atoms with E-state index in [0.29, 0.717) is 12.0 Å². The van der Waals surface area contributed by atoms with Gasteiger partial charge in [-0.1, -0.05) is 72.8 Å². The molecule has 0 aromatic heterocycles. The second-order valence-corrected chi connectivity index (χ2v) is 7.58. The van der Waals surface area contributed by atoms with Crippen molar-refractivity contribution >= 4 is 10.8 Å². The average molecular weight is 317 g/mol. The predicted molar refractivity (Wildman–Crippen MR) is 101 cm³/mol. The van der Waals surface area contributed by atoms with Gasteiger partial charge in [0.2, 0.25) is 0 Å². The maximum absolute atomic E-state index is 3.79. The van der Waals surface area contributed by atoms with Crippen molar-refractivity contribution in [3.63, 3.8) is 0 Å². The molecular formula is C22H25N2+. The Hall–Kier alpha value is -2.16. The van der Waals surface area contributed by atoms with Crippen molar-refractivity contribution in [3.05, 3.63) is 83.9 Å². The molecule has 1 heterocycles. The molecule has 0 spiro atoms. The first-order valence-electron chi connectivity index (χ1n) is 8.71. The normalized spacial score (nSPS) is 23.2. The monoisotopic (exact) mass is 317 g/mol. The van der Waals surface area contributed by atoms with Crippen LogP contribution in [0.3, 0.4) is 0 Å². The molecule has 2 atom stereocenters. The van der Waals surface area contributed by atoms with Crippen LogP contribution in [0.15, 0.2) is 72.8 Å². The number of rotatable bonds is 2. The first-order chi connectivity index (χ1) is 11.6. The molecule has 0 radical (unpaired) electrons. The Kier molecular flexibility index (Phi) is 3.87. The number of nitrogens with zero attached hydrogens (tertiary/aromatic N) is 1. The van der Waals surface area contributed by atoms with Gasteiger partial charge in [0.25, 0.3) is 0 Å². The van der Waals surface area contributed by atoms with Gasteiger partial charge in [-0.05, 0) is 21.9 Å². The molecule has 0 unspecified atom stereocenters. The molecule has 2 heteroatoms. The first kappa shape index (κ1) is 15.4. The van der Waals surface area contributed by atoms with Gasteiger partial charge in [0.05, 0.1) is 26.6 Å². The van der Waals surface area contributed by atoms with Gasteiger partial charge in [-0.3, -0.25) is 5.32 Å². The Morgan fingerprint density at radius 1 is 0.792 bits per heavy atom. The molecule has 0 bridgehead atoms. The van der Waals surface area contributed by atoms with E-state index in [9.17, 15) is 0 Å². The molecule has 1 N–H and O–H groups in total. The van der Waals surface area contributed by atoms with Crippen molar-refractivity contribution in [3.8, 4) is 0 Å². The van der Waals surface area contributed by atoms with Crippen LogP contribution in [-0.2, 0) is 0 Å². The largest absolute Gasteiger partial charge is 0.316 e. The minimum atomic E-state index is 0.374. The molecule has 1 saturated heterocycles. The zero-order valence-corrected chi connectivity index (χ0v) is 14.4. The van der Waals surface area contributed by atoms with Crippen LogP contribution in [0.4, 0.5) is 0 Å². The molecule has 0 aliphatic carbocycles. The van der Waals surface area contributed by atoms with Gasteiger partial charge in [-0.2, -0.15) is 0 Å². The van der Waals surface area contributed by atoms with Crippen molar-refractivity contribution in [1.29, 1.82) is 0 Å². The fourth-order valence-corrected chi connectivity index (χ4v) is 3.94. The standard InChI is InChI=1S/C22H25N2/c1-24(2)15-21(22(23-16-24)18-9-4-3-5-10-18)20-13-12-17-8-6-7-11-19(17)14-20/h3-14,21-23H,15-16H2,1-2H3/q+1/t21-,22-/m0/s1. The third-order valence-corrected chi connectivity index (χ3v) is 5.19. The zero-order chi connectivity index (χ0) is 16.6. The summed E-state index contributed by atoms with van der Waals surface area (Å²) in [5, 5.41) is 6.44. The number of hydrogen-bond acceptors (Lipinski definition) is 1. The van der Waals surface area contributed by atoms with Crippen molar-refractivity contribution in [1.82, 2.24) is 5.32 Å². The van der Waals surface area contributed by atoms with Crippen LogP contribution in [0.5, 0.6) is 0 Å². The summed E-state index contributed by atoms with van der Waals surface area (Å²) in [4.78, 5) is 0. The highest BCUT2D eigenvalue weighted by molar-refractivity contribution is 5.83. The molecule has 1 aliphatic rings. The summed E-state index contributed by atoms with van der Waals surface area (Å²) in [5.74, 6) is 0.473. The molecule has 1 fully saturated rings. The Balaban J connectivity index is 1.77. The van der Waals surface area contributed by atoms with E-state index in [-0.39, 0.29) is 0 Å². The first-order valence-corrected chi connectivity index (χ1v) is 8.71. The van der Waals surface area contributed by atoms with Crippen LogP contribution < -0.4 is 5.32 Å². The smallest absolute Gasteiger partial charge is 0.132 e. The second-order valence-electron chi connectivity index (χ2n) is 7.58. The minimum absolute atomic E-state index is 0.374. The van der Waals surface area contributed by atoms with E-state index in [4.69, 9.17) is 0 Å². The predicted octanol–water partition coefficient (Wildman–Crippen LogP) is 4.30. The molecular weight excluding hydrogens is 292 g/mol. The van der Waals surface area contributed by atoms with E-state index in [0.717, 1.165) is 17.7 Å². The van der Waals surface area contributed by atoms with Gasteiger partial charge in [0.1, 0.15) is 6.67 Å². The van der Waals surface area contributed by atoms with Crippen molar-refractivity contribution in [2.75, 3.05) is 27.3 Å². The SMILES string of the molecule is C[N+]1(C)CN[C@@H](c2ccccc2)[C@H](c2ccc3ccccc3c2)C1. The number of hydrogen-bond donors (Lipinski definition) is 1. The molecule has 3 aromatic rings. The van der Waals surface area contributed by atoms with E-state index < -0.39 is 0 Å². The van der Waals surface area contributed by atoms with Crippen LogP contribution in [-0.4, -0.2) is 31.8 Å². The second kappa shape index (κ2) is 6.04. The highest BCUT2D eigenvalue weighted by Crippen LogP contribution is 2.36. The van der Waals surface area contributed by atoms with Crippen LogP contribution in [0, 0.1) is 0 Å². The Morgan fingerprint density at radius 3 is 2.29 bits per heavy atom. The summed E-state index contributed by atoms with van der Waals surface area (Å²) < 4.78 is 1.00. The average Bonchev–Trinajstić information content (AvgIpc) is 2.61. The van der Waals surface area contributed by atoms with Gasteiger partial charge < -0.3 is 4.48 Å². The summed E-state index contributed by atoms with van der Waals surface area (Å²) in [5.41, 5.74) is 2.82. The summed E-state index contributed by atoms with van der Waals surface area (Å²) >= 11 is 0. The number of quaternary nitrogens is 1. The number of benzene rings is 3. The van der Waals surface area contributed by atoms with E-state index in [1.54, 1.807) is 0 Å². The molecule has 4 rings (SSSR count). The Labute approximate surface area is 144 Å². The minimum Gasteiger partial charge on any atom is -0.316 e. The lowest BCUT2D eigenvalue weighted by Crippen LogP contribution is -2.56. The maximum Gasteiger partial charge on any atom is 0.132 e. The summed E-state index contributed by atoms with van der Waals surface area (Å²) in [6, 6.07) is 26.8. The molecule has 2 nitrogen and oxygen atoms in total. The number of fused-ring (bicyclic) bond motifs is 1. The molecule has 122 valence electrons. The number of nitrogens with one attached hydrogen (secondary N) is 1. The van der Waals surface area contributed by atoms with Crippen LogP contribution in [0.1, 0.15) is 23.1 Å². The third kappa shape index (κ3) is 2.95. The fourth-order valence-electron chi connectivity index (χ4n) is 3.94. The van der Waals surface area contributed by atoms with E-state index in [2.05, 4.69) is 92.2 Å². The van der Waals surface area contributed by atoms with Gasteiger partial charge in [-0.25, -0.2) is 0 Å². The summed E-state index contributed by atoms with van der Waals surface area (Å²) in [6.45, 7) is 2.15. The highest BCUT2D eigenvalue weighted by atomic mass is 15.4. The van der Waals surface area contributed by atoms with Gasteiger partial charge >= 0.3 is 0 Å². The number of likely N-dealkylation sites (N-methyl/N-ethyl adjacent to an activating group) is 1.